The number of rotatable bonds is 3. The molecule has 0 saturated heterocycles. The van der Waals surface area contributed by atoms with Crippen molar-refractivity contribution >= 4 is 11.4 Å². The van der Waals surface area contributed by atoms with E-state index in [1.54, 1.807) is 0 Å². The van der Waals surface area contributed by atoms with E-state index in [9.17, 15) is 0 Å². The molecule has 21 heavy (non-hydrogen) atoms. The van der Waals surface area contributed by atoms with Crippen LogP contribution < -0.4 is 4.90 Å². The third-order valence-corrected chi connectivity index (χ3v) is 3.45. The van der Waals surface area contributed by atoms with E-state index in [1.807, 2.05) is 62.8 Å². The predicted octanol–water partition coefficient (Wildman–Crippen LogP) is 4.22. The van der Waals surface area contributed by atoms with Crippen LogP contribution in [0.15, 0.2) is 67.0 Å². The lowest BCUT2D eigenvalue weighted by Crippen LogP contribution is -2.09. The van der Waals surface area contributed by atoms with Gasteiger partial charge in [-0.05, 0) is 42.8 Å². The molecule has 0 saturated carbocycles. The zero-order valence-electron chi connectivity index (χ0n) is 12.2. The van der Waals surface area contributed by atoms with Gasteiger partial charge in [0.1, 0.15) is 0 Å². The van der Waals surface area contributed by atoms with Gasteiger partial charge in [-0.15, -0.1) is 0 Å². The van der Waals surface area contributed by atoms with Gasteiger partial charge in [0.2, 0.25) is 0 Å². The molecule has 2 aromatic heterocycles. The summed E-state index contributed by atoms with van der Waals surface area (Å²) in [4.78, 5) is 11.0. The second-order valence-corrected chi connectivity index (χ2v) is 5.02. The van der Waals surface area contributed by atoms with E-state index in [2.05, 4.69) is 33.1 Å². The van der Waals surface area contributed by atoms with Gasteiger partial charge in [-0.3, -0.25) is 9.97 Å². The van der Waals surface area contributed by atoms with Crippen molar-refractivity contribution in [3.8, 4) is 11.4 Å². The highest BCUT2D eigenvalue weighted by Crippen LogP contribution is 2.24. The minimum absolute atomic E-state index is 0.889. The molecule has 3 rings (SSSR count). The van der Waals surface area contributed by atoms with E-state index in [1.165, 1.54) is 0 Å². The second kappa shape index (κ2) is 5.75. The maximum atomic E-state index is 4.52. The largest absolute Gasteiger partial charge is 0.343 e. The number of nitrogens with zero attached hydrogens (tertiary/aromatic N) is 3. The molecule has 1 aromatic carbocycles. The van der Waals surface area contributed by atoms with Crippen molar-refractivity contribution in [2.24, 2.45) is 0 Å². The van der Waals surface area contributed by atoms with Gasteiger partial charge >= 0.3 is 0 Å². The molecule has 0 radical (unpaired) electrons. The van der Waals surface area contributed by atoms with Crippen molar-refractivity contribution in [1.82, 2.24) is 9.97 Å². The summed E-state index contributed by atoms with van der Waals surface area (Å²) in [5.74, 6) is 0. The van der Waals surface area contributed by atoms with Crippen molar-refractivity contribution in [3.05, 3.63) is 72.6 Å². The number of hydrogen-bond acceptors (Lipinski definition) is 3. The molecular weight excluding hydrogens is 258 g/mol. The Labute approximate surface area is 124 Å². The van der Waals surface area contributed by atoms with Crippen LogP contribution in [0, 0.1) is 6.92 Å². The lowest BCUT2D eigenvalue weighted by Gasteiger charge is -2.19. The first-order valence-electron chi connectivity index (χ1n) is 6.92. The summed E-state index contributed by atoms with van der Waals surface area (Å²) >= 11 is 0. The monoisotopic (exact) mass is 275 g/mol. The Morgan fingerprint density at radius 1 is 0.714 bits per heavy atom. The Kier molecular flexibility index (Phi) is 3.65. The van der Waals surface area contributed by atoms with Gasteiger partial charge in [-0.25, -0.2) is 0 Å². The van der Waals surface area contributed by atoms with Gasteiger partial charge in [-0.2, -0.15) is 0 Å². The Morgan fingerprint density at radius 2 is 1.38 bits per heavy atom. The maximum absolute atomic E-state index is 4.52. The topological polar surface area (TPSA) is 29.0 Å². The third kappa shape index (κ3) is 2.92. The molecule has 0 fully saturated rings. The molecule has 3 aromatic rings. The normalized spacial score (nSPS) is 10.4. The van der Waals surface area contributed by atoms with E-state index in [-0.39, 0.29) is 0 Å². The third-order valence-electron chi connectivity index (χ3n) is 3.45. The summed E-state index contributed by atoms with van der Waals surface area (Å²) in [6, 6.07) is 18.4. The summed E-state index contributed by atoms with van der Waals surface area (Å²) in [5, 5.41) is 0. The molecule has 0 atom stereocenters. The summed E-state index contributed by atoms with van der Waals surface area (Å²) in [5.41, 5.74) is 5.13. The first-order valence-corrected chi connectivity index (χ1v) is 6.92. The van der Waals surface area contributed by atoms with E-state index >= 15 is 0 Å². The molecule has 2 heterocycles. The van der Waals surface area contributed by atoms with Crippen molar-refractivity contribution in [2.45, 2.75) is 6.92 Å². The number of benzene rings is 1. The average molecular weight is 275 g/mol. The van der Waals surface area contributed by atoms with Crippen molar-refractivity contribution in [3.63, 3.8) is 0 Å². The van der Waals surface area contributed by atoms with Crippen molar-refractivity contribution < 1.29 is 0 Å². The number of aromatic nitrogens is 2. The molecule has 3 heteroatoms. The minimum atomic E-state index is 0.889. The zero-order chi connectivity index (χ0) is 14.7. The lowest BCUT2D eigenvalue weighted by atomic mass is 10.2. The molecule has 0 unspecified atom stereocenters. The minimum Gasteiger partial charge on any atom is -0.343 e. The molecule has 0 aliphatic carbocycles. The van der Waals surface area contributed by atoms with Gasteiger partial charge < -0.3 is 4.90 Å². The molecule has 0 N–H and O–H groups in total. The van der Waals surface area contributed by atoms with Crippen LogP contribution in [0.4, 0.5) is 11.4 Å². The fourth-order valence-electron chi connectivity index (χ4n) is 2.16. The van der Waals surface area contributed by atoms with Crippen LogP contribution >= 0.6 is 0 Å². The second-order valence-electron chi connectivity index (χ2n) is 5.02. The van der Waals surface area contributed by atoms with Crippen LogP contribution in [0.1, 0.15) is 5.56 Å². The highest BCUT2D eigenvalue weighted by Gasteiger charge is 2.05. The smallest absolute Gasteiger partial charge is 0.0887 e. The first-order chi connectivity index (χ1) is 10.2. The van der Waals surface area contributed by atoms with Crippen LogP contribution in [-0.4, -0.2) is 17.0 Å². The van der Waals surface area contributed by atoms with E-state index in [0.29, 0.717) is 0 Å². The van der Waals surface area contributed by atoms with Crippen molar-refractivity contribution in [1.29, 1.82) is 0 Å². The maximum Gasteiger partial charge on any atom is 0.0887 e. The van der Waals surface area contributed by atoms with Crippen LogP contribution in [0.3, 0.4) is 0 Å². The van der Waals surface area contributed by atoms with Crippen LogP contribution in [0.25, 0.3) is 11.4 Å². The fraction of sp³-hybridized carbons (Fsp3) is 0.111. The highest BCUT2D eigenvalue weighted by atomic mass is 15.1. The van der Waals surface area contributed by atoms with Gasteiger partial charge in [-0.1, -0.05) is 24.3 Å². The van der Waals surface area contributed by atoms with Gasteiger partial charge in [0, 0.05) is 18.9 Å². The first kappa shape index (κ1) is 13.3. The molecule has 0 aliphatic heterocycles. The van der Waals surface area contributed by atoms with Gasteiger partial charge in [0.25, 0.3) is 0 Å². The Bertz CT molecular complexity index is 704. The van der Waals surface area contributed by atoms with E-state index < -0.39 is 0 Å². The Balaban J connectivity index is 1.85. The fourth-order valence-corrected chi connectivity index (χ4v) is 2.16. The molecule has 0 aliphatic rings. The summed E-state index contributed by atoms with van der Waals surface area (Å²) in [6.07, 6.45) is 3.74. The Morgan fingerprint density at radius 3 is 1.95 bits per heavy atom. The van der Waals surface area contributed by atoms with Crippen molar-refractivity contribution in [2.75, 3.05) is 11.9 Å². The van der Waals surface area contributed by atoms with E-state index in [4.69, 9.17) is 0 Å². The number of anilines is 2. The molecule has 3 nitrogen and oxygen atoms in total. The standard InChI is InChI=1S/C18H17N3/c1-14-8-10-17(19-12-14)18-11-9-16(13-20-18)21(2)15-6-4-3-5-7-15/h3-13H,1-2H3. The number of hydrogen-bond donors (Lipinski definition) is 0. The Hall–Kier alpha value is -2.68. The predicted molar refractivity (Wildman–Crippen MR) is 86.7 cm³/mol. The number of pyridine rings is 2. The zero-order valence-corrected chi connectivity index (χ0v) is 12.2. The highest BCUT2D eigenvalue weighted by molar-refractivity contribution is 5.64. The molecule has 104 valence electrons. The quantitative estimate of drug-likeness (QED) is 0.716. The lowest BCUT2D eigenvalue weighted by molar-refractivity contribution is 1.16. The number of para-hydroxylation sites is 1. The summed E-state index contributed by atoms with van der Waals surface area (Å²) in [7, 11) is 2.04. The average Bonchev–Trinajstić information content (AvgIpc) is 2.56. The SMILES string of the molecule is Cc1ccc(-c2ccc(N(C)c3ccccc3)cn2)nc1. The molecular formula is C18H17N3. The summed E-state index contributed by atoms with van der Waals surface area (Å²) < 4.78 is 0. The molecule has 0 amide bonds. The molecule has 0 spiro atoms. The van der Waals surface area contributed by atoms with E-state index in [0.717, 1.165) is 28.3 Å². The number of aryl methyl sites for hydroxylation is 1. The summed E-state index contributed by atoms with van der Waals surface area (Å²) in [6.45, 7) is 2.03. The van der Waals surface area contributed by atoms with Crippen LogP contribution in [0.2, 0.25) is 0 Å². The van der Waals surface area contributed by atoms with Gasteiger partial charge in [0.05, 0.1) is 23.3 Å². The van der Waals surface area contributed by atoms with Crippen LogP contribution in [0.5, 0.6) is 0 Å². The van der Waals surface area contributed by atoms with Gasteiger partial charge in [0.15, 0.2) is 0 Å². The van der Waals surface area contributed by atoms with Crippen LogP contribution in [-0.2, 0) is 0 Å². The molecule has 0 bridgehead atoms.